The molecule has 0 radical (unpaired) electrons. The molecule has 0 aliphatic heterocycles. The summed E-state index contributed by atoms with van der Waals surface area (Å²) in [5.41, 5.74) is 5.38. The Bertz CT molecular complexity index is 399. The first-order valence-corrected chi connectivity index (χ1v) is 5.31. The predicted molar refractivity (Wildman–Crippen MR) is 59.2 cm³/mol. The van der Waals surface area contributed by atoms with Gasteiger partial charge in [-0.2, -0.15) is 11.3 Å². The van der Waals surface area contributed by atoms with Gasteiger partial charge >= 0.3 is 0 Å². The number of hydrogen-bond acceptors (Lipinski definition) is 1. The fourth-order valence-electron chi connectivity index (χ4n) is 1.56. The summed E-state index contributed by atoms with van der Waals surface area (Å²) in [7, 11) is 0. The van der Waals surface area contributed by atoms with Gasteiger partial charge in [-0.1, -0.05) is 23.8 Å². The van der Waals surface area contributed by atoms with E-state index in [1.54, 1.807) is 11.3 Å². The second kappa shape index (κ2) is 3.35. The normalized spacial score (nSPS) is 10.3. The maximum atomic E-state index is 2.23. The van der Waals surface area contributed by atoms with Crippen molar-refractivity contribution in [1.29, 1.82) is 0 Å². The predicted octanol–water partition coefficient (Wildman–Crippen LogP) is 4.03. The van der Waals surface area contributed by atoms with E-state index in [-0.39, 0.29) is 0 Å². The summed E-state index contributed by atoms with van der Waals surface area (Å²) in [6, 6.07) is 8.77. The minimum absolute atomic E-state index is 1.33. The highest BCUT2D eigenvalue weighted by molar-refractivity contribution is 7.08. The molecule has 2 rings (SSSR count). The molecule has 0 N–H and O–H groups in total. The molecule has 13 heavy (non-hydrogen) atoms. The van der Waals surface area contributed by atoms with Gasteiger partial charge in [-0.05, 0) is 47.4 Å². The van der Waals surface area contributed by atoms with Crippen molar-refractivity contribution in [3.8, 4) is 11.1 Å². The molecule has 0 nitrogen and oxygen atoms in total. The van der Waals surface area contributed by atoms with Gasteiger partial charge in [0.1, 0.15) is 0 Å². The van der Waals surface area contributed by atoms with E-state index < -0.39 is 0 Å². The van der Waals surface area contributed by atoms with E-state index in [4.69, 9.17) is 0 Å². The van der Waals surface area contributed by atoms with Crippen LogP contribution in [0.2, 0.25) is 0 Å². The van der Waals surface area contributed by atoms with E-state index in [9.17, 15) is 0 Å². The minimum Gasteiger partial charge on any atom is -0.152 e. The van der Waals surface area contributed by atoms with E-state index in [1.807, 2.05) is 0 Å². The van der Waals surface area contributed by atoms with Gasteiger partial charge in [0, 0.05) is 0 Å². The summed E-state index contributed by atoms with van der Waals surface area (Å²) in [6.45, 7) is 4.30. The Hall–Kier alpha value is -1.08. The van der Waals surface area contributed by atoms with Crippen LogP contribution in [0.5, 0.6) is 0 Å². The van der Waals surface area contributed by atoms with Crippen molar-refractivity contribution in [3.63, 3.8) is 0 Å². The first-order chi connectivity index (χ1) is 6.27. The van der Waals surface area contributed by atoms with E-state index in [2.05, 4.69) is 48.9 Å². The summed E-state index contributed by atoms with van der Waals surface area (Å²) in [6.07, 6.45) is 0. The Labute approximate surface area is 82.9 Å². The third-order valence-electron chi connectivity index (χ3n) is 2.21. The number of aryl methyl sites for hydroxylation is 2. The Kier molecular flexibility index (Phi) is 2.19. The number of rotatable bonds is 1. The van der Waals surface area contributed by atoms with E-state index in [0.29, 0.717) is 0 Å². The average Bonchev–Trinajstić information content (AvgIpc) is 2.56. The smallest absolute Gasteiger partial charge is 0.00146 e. The molecule has 0 amide bonds. The Morgan fingerprint density at radius 3 is 2.54 bits per heavy atom. The monoisotopic (exact) mass is 188 g/mol. The molecule has 0 bridgehead atoms. The van der Waals surface area contributed by atoms with Gasteiger partial charge in [0.2, 0.25) is 0 Å². The summed E-state index contributed by atoms with van der Waals surface area (Å²) in [5.74, 6) is 0. The Balaban J connectivity index is 2.53. The largest absolute Gasteiger partial charge is 0.152 e. The lowest BCUT2D eigenvalue weighted by Gasteiger charge is -2.03. The highest BCUT2D eigenvalue weighted by atomic mass is 32.1. The number of hydrogen-bond donors (Lipinski definition) is 0. The van der Waals surface area contributed by atoms with Crippen molar-refractivity contribution in [2.45, 2.75) is 13.8 Å². The zero-order valence-electron chi connectivity index (χ0n) is 7.87. The lowest BCUT2D eigenvalue weighted by molar-refractivity contribution is 1.39. The molecule has 66 valence electrons. The van der Waals surface area contributed by atoms with Crippen molar-refractivity contribution < 1.29 is 0 Å². The van der Waals surface area contributed by atoms with Crippen LogP contribution in [-0.4, -0.2) is 0 Å². The molecule has 0 unspecified atom stereocenters. The Morgan fingerprint density at radius 2 is 1.92 bits per heavy atom. The molecular formula is C12H12S. The fraction of sp³-hybridized carbons (Fsp3) is 0.167. The molecular weight excluding hydrogens is 176 g/mol. The zero-order valence-corrected chi connectivity index (χ0v) is 8.69. The topological polar surface area (TPSA) is 0 Å². The third-order valence-corrected chi connectivity index (χ3v) is 2.90. The number of benzene rings is 1. The average molecular weight is 188 g/mol. The van der Waals surface area contributed by atoms with Gasteiger partial charge in [-0.25, -0.2) is 0 Å². The molecule has 1 heteroatoms. The van der Waals surface area contributed by atoms with Gasteiger partial charge in [0.05, 0.1) is 0 Å². The first-order valence-electron chi connectivity index (χ1n) is 4.37. The van der Waals surface area contributed by atoms with Crippen LogP contribution < -0.4 is 0 Å². The van der Waals surface area contributed by atoms with Crippen molar-refractivity contribution in [3.05, 3.63) is 46.2 Å². The van der Waals surface area contributed by atoms with Crippen LogP contribution in [0.25, 0.3) is 11.1 Å². The molecule has 2 aromatic rings. The first kappa shape index (κ1) is 8.52. The van der Waals surface area contributed by atoms with Crippen molar-refractivity contribution in [1.82, 2.24) is 0 Å². The quantitative estimate of drug-likeness (QED) is 0.633. The van der Waals surface area contributed by atoms with Crippen LogP contribution in [0.3, 0.4) is 0 Å². The molecule has 0 aliphatic rings. The lowest BCUT2D eigenvalue weighted by Crippen LogP contribution is -1.81. The van der Waals surface area contributed by atoms with Crippen LogP contribution in [-0.2, 0) is 0 Å². The van der Waals surface area contributed by atoms with E-state index in [1.165, 1.54) is 22.3 Å². The zero-order chi connectivity index (χ0) is 9.26. The molecule has 1 heterocycles. The standard InChI is InChI=1S/C12H12S/c1-9-3-4-12(10(2)7-9)11-5-6-13-8-11/h3-8H,1-2H3. The SMILES string of the molecule is Cc1ccc(-c2ccsc2)c(C)c1. The minimum atomic E-state index is 1.33. The van der Waals surface area contributed by atoms with E-state index in [0.717, 1.165) is 0 Å². The molecule has 0 aliphatic carbocycles. The van der Waals surface area contributed by atoms with Gasteiger partial charge in [-0.3, -0.25) is 0 Å². The number of thiophene rings is 1. The maximum Gasteiger partial charge on any atom is -0.00146 e. The Morgan fingerprint density at radius 1 is 1.08 bits per heavy atom. The van der Waals surface area contributed by atoms with Gasteiger partial charge in [-0.15, -0.1) is 0 Å². The van der Waals surface area contributed by atoms with Crippen LogP contribution in [0.1, 0.15) is 11.1 Å². The molecule has 0 fully saturated rings. The third kappa shape index (κ3) is 1.65. The summed E-state index contributed by atoms with van der Waals surface area (Å²) >= 11 is 1.75. The fourth-order valence-corrected chi connectivity index (χ4v) is 2.21. The summed E-state index contributed by atoms with van der Waals surface area (Å²) < 4.78 is 0. The van der Waals surface area contributed by atoms with Crippen molar-refractivity contribution in [2.24, 2.45) is 0 Å². The highest BCUT2D eigenvalue weighted by Crippen LogP contribution is 2.25. The van der Waals surface area contributed by atoms with Gasteiger partial charge in [0.15, 0.2) is 0 Å². The van der Waals surface area contributed by atoms with Gasteiger partial charge in [0.25, 0.3) is 0 Å². The molecule has 0 saturated carbocycles. The highest BCUT2D eigenvalue weighted by Gasteiger charge is 2.00. The molecule has 0 atom stereocenters. The van der Waals surface area contributed by atoms with Gasteiger partial charge < -0.3 is 0 Å². The molecule has 0 saturated heterocycles. The second-order valence-corrected chi connectivity index (χ2v) is 4.11. The van der Waals surface area contributed by atoms with Crippen LogP contribution in [0.4, 0.5) is 0 Å². The van der Waals surface area contributed by atoms with Crippen molar-refractivity contribution >= 4 is 11.3 Å². The van der Waals surface area contributed by atoms with Crippen LogP contribution in [0.15, 0.2) is 35.0 Å². The molecule has 1 aromatic carbocycles. The van der Waals surface area contributed by atoms with E-state index >= 15 is 0 Å². The maximum absolute atomic E-state index is 2.23. The summed E-state index contributed by atoms with van der Waals surface area (Å²) in [4.78, 5) is 0. The van der Waals surface area contributed by atoms with Crippen LogP contribution in [0, 0.1) is 13.8 Å². The van der Waals surface area contributed by atoms with Crippen LogP contribution >= 0.6 is 11.3 Å². The molecule has 0 spiro atoms. The summed E-state index contributed by atoms with van der Waals surface area (Å²) in [5, 5.41) is 4.31. The lowest BCUT2D eigenvalue weighted by atomic mass is 10.0. The van der Waals surface area contributed by atoms with Crippen molar-refractivity contribution in [2.75, 3.05) is 0 Å². The second-order valence-electron chi connectivity index (χ2n) is 3.33. The molecule has 1 aromatic heterocycles.